The second kappa shape index (κ2) is 3.62. The summed E-state index contributed by atoms with van der Waals surface area (Å²) in [5.74, 6) is 0.936. The SMILES string of the molecule is COc1cccc(CC2(C)COC2)c1. The minimum atomic E-state index is 0.340. The molecule has 0 aromatic heterocycles. The first-order valence-corrected chi connectivity index (χ1v) is 4.93. The lowest BCUT2D eigenvalue weighted by Crippen LogP contribution is -2.41. The Balaban J connectivity index is 2.08. The maximum atomic E-state index is 5.24. The maximum Gasteiger partial charge on any atom is 0.119 e. The first-order valence-electron chi connectivity index (χ1n) is 4.93. The largest absolute Gasteiger partial charge is 0.497 e. The fraction of sp³-hybridized carbons (Fsp3) is 0.500. The van der Waals surface area contributed by atoms with Crippen LogP contribution >= 0.6 is 0 Å². The molecule has 0 spiro atoms. The van der Waals surface area contributed by atoms with Crippen molar-refractivity contribution in [2.45, 2.75) is 13.3 Å². The average molecular weight is 192 g/mol. The second-order valence-electron chi connectivity index (χ2n) is 4.33. The van der Waals surface area contributed by atoms with E-state index < -0.39 is 0 Å². The minimum Gasteiger partial charge on any atom is -0.497 e. The summed E-state index contributed by atoms with van der Waals surface area (Å²) in [6.45, 7) is 4.02. The fourth-order valence-corrected chi connectivity index (χ4v) is 1.83. The zero-order valence-electron chi connectivity index (χ0n) is 8.75. The van der Waals surface area contributed by atoms with Gasteiger partial charge in [0.05, 0.1) is 20.3 Å². The molecule has 1 heterocycles. The second-order valence-corrected chi connectivity index (χ2v) is 4.33. The highest BCUT2D eigenvalue weighted by molar-refractivity contribution is 5.29. The lowest BCUT2D eigenvalue weighted by molar-refractivity contribution is -0.100. The molecule has 2 rings (SSSR count). The summed E-state index contributed by atoms with van der Waals surface area (Å²) in [5, 5.41) is 0. The van der Waals surface area contributed by atoms with Gasteiger partial charge in [-0.25, -0.2) is 0 Å². The molecule has 0 saturated carbocycles. The van der Waals surface area contributed by atoms with Gasteiger partial charge in [0.2, 0.25) is 0 Å². The Hall–Kier alpha value is -1.02. The number of hydrogen-bond donors (Lipinski definition) is 0. The first kappa shape index (κ1) is 9.53. The van der Waals surface area contributed by atoms with Crippen molar-refractivity contribution in [3.8, 4) is 5.75 Å². The van der Waals surface area contributed by atoms with E-state index in [1.807, 2.05) is 12.1 Å². The molecule has 0 amide bonds. The van der Waals surface area contributed by atoms with Gasteiger partial charge in [-0.15, -0.1) is 0 Å². The van der Waals surface area contributed by atoms with E-state index >= 15 is 0 Å². The van der Waals surface area contributed by atoms with Gasteiger partial charge in [0.15, 0.2) is 0 Å². The number of benzene rings is 1. The van der Waals surface area contributed by atoms with Crippen LogP contribution in [-0.4, -0.2) is 20.3 Å². The Bertz CT molecular complexity index is 316. The Morgan fingerprint density at radius 3 is 2.79 bits per heavy atom. The van der Waals surface area contributed by atoms with E-state index in [9.17, 15) is 0 Å². The van der Waals surface area contributed by atoms with E-state index in [0.29, 0.717) is 5.41 Å². The van der Waals surface area contributed by atoms with Crippen molar-refractivity contribution in [2.75, 3.05) is 20.3 Å². The van der Waals surface area contributed by atoms with Crippen molar-refractivity contribution < 1.29 is 9.47 Å². The molecule has 2 heteroatoms. The molecule has 0 radical (unpaired) electrons. The number of rotatable bonds is 3. The van der Waals surface area contributed by atoms with Crippen LogP contribution in [0.4, 0.5) is 0 Å². The van der Waals surface area contributed by atoms with E-state index in [0.717, 1.165) is 25.4 Å². The van der Waals surface area contributed by atoms with E-state index in [1.54, 1.807) is 7.11 Å². The number of hydrogen-bond acceptors (Lipinski definition) is 2. The summed E-state index contributed by atoms with van der Waals surface area (Å²) >= 11 is 0. The smallest absolute Gasteiger partial charge is 0.119 e. The van der Waals surface area contributed by atoms with Crippen LogP contribution in [0, 0.1) is 5.41 Å². The molecule has 1 fully saturated rings. The van der Waals surface area contributed by atoms with E-state index in [2.05, 4.69) is 19.1 Å². The summed E-state index contributed by atoms with van der Waals surface area (Å²) in [4.78, 5) is 0. The Morgan fingerprint density at radius 1 is 1.43 bits per heavy atom. The van der Waals surface area contributed by atoms with Crippen LogP contribution in [0.1, 0.15) is 12.5 Å². The zero-order chi connectivity index (χ0) is 10.0. The van der Waals surface area contributed by atoms with Gasteiger partial charge in [0.25, 0.3) is 0 Å². The van der Waals surface area contributed by atoms with Crippen LogP contribution in [-0.2, 0) is 11.2 Å². The average Bonchev–Trinajstić information content (AvgIpc) is 2.16. The molecule has 2 nitrogen and oxygen atoms in total. The molecule has 1 saturated heterocycles. The van der Waals surface area contributed by atoms with Gasteiger partial charge in [-0.05, 0) is 24.1 Å². The third kappa shape index (κ3) is 1.90. The fourth-order valence-electron chi connectivity index (χ4n) is 1.83. The third-order valence-corrected chi connectivity index (χ3v) is 2.67. The summed E-state index contributed by atoms with van der Waals surface area (Å²) in [5.41, 5.74) is 1.67. The number of methoxy groups -OCH3 is 1. The predicted molar refractivity (Wildman–Crippen MR) is 55.6 cm³/mol. The molecule has 0 N–H and O–H groups in total. The summed E-state index contributed by atoms with van der Waals surface area (Å²) in [6.07, 6.45) is 1.07. The molecule has 1 aliphatic heterocycles. The van der Waals surface area contributed by atoms with E-state index in [-0.39, 0.29) is 0 Å². The van der Waals surface area contributed by atoms with Crippen LogP contribution in [0.3, 0.4) is 0 Å². The normalized spacial score (nSPS) is 18.7. The highest BCUT2D eigenvalue weighted by atomic mass is 16.5. The molecule has 14 heavy (non-hydrogen) atoms. The lowest BCUT2D eigenvalue weighted by atomic mass is 9.82. The summed E-state index contributed by atoms with van der Waals surface area (Å²) in [6, 6.07) is 8.26. The topological polar surface area (TPSA) is 18.5 Å². The molecule has 76 valence electrons. The molecule has 0 bridgehead atoms. The quantitative estimate of drug-likeness (QED) is 0.731. The van der Waals surface area contributed by atoms with Crippen LogP contribution in [0.5, 0.6) is 5.75 Å². The maximum absolute atomic E-state index is 5.24. The highest BCUT2D eigenvalue weighted by Crippen LogP contribution is 2.31. The molecule has 1 aromatic carbocycles. The van der Waals surface area contributed by atoms with Gasteiger partial charge >= 0.3 is 0 Å². The van der Waals surface area contributed by atoms with Crippen LogP contribution in [0.2, 0.25) is 0 Å². The van der Waals surface area contributed by atoms with Crippen LogP contribution in [0.25, 0.3) is 0 Å². The van der Waals surface area contributed by atoms with Gasteiger partial charge in [0.1, 0.15) is 5.75 Å². The lowest BCUT2D eigenvalue weighted by Gasteiger charge is -2.38. The zero-order valence-corrected chi connectivity index (χ0v) is 8.75. The van der Waals surface area contributed by atoms with Gasteiger partial charge in [0, 0.05) is 5.41 Å². The molecular weight excluding hydrogens is 176 g/mol. The third-order valence-electron chi connectivity index (χ3n) is 2.67. The molecule has 1 aliphatic rings. The van der Waals surface area contributed by atoms with Crippen LogP contribution in [0.15, 0.2) is 24.3 Å². The Morgan fingerprint density at radius 2 is 2.21 bits per heavy atom. The summed E-state index contributed by atoms with van der Waals surface area (Å²) in [7, 11) is 1.70. The molecule has 0 unspecified atom stereocenters. The van der Waals surface area contributed by atoms with Crippen molar-refractivity contribution in [3.05, 3.63) is 29.8 Å². The number of ether oxygens (including phenoxy) is 2. The Kier molecular flexibility index (Phi) is 2.46. The summed E-state index contributed by atoms with van der Waals surface area (Å²) < 4.78 is 10.4. The van der Waals surface area contributed by atoms with Crippen molar-refractivity contribution in [3.63, 3.8) is 0 Å². The molecule has 0 atom stereocenters. The molecular formula is C12H16O2. The minimum absolute atomic E-state index is 0.340. The van der Waals surface area contributed by atoms with Crippen molar-refractivity contribution in [1.29, 1.82) is 0 Å². The molecule has 0 aliphatic carbocycles. The molecule has 1 aromatic rings. The predicted octanol–water partition coefficient (Wildman–Crippen LogP) is 2.27. The standard InChI is InChI=1S/C12H16O2/c1-12(8-14-9-12)7-10-4-3-5-11(6-10)13-2/h3-6H,7-9H2,1-2H3. The van der Waals surface area contributed by atoms with Crippen LogP contribution < -0.4 is 4.74 Å². The van der Waals surface area contributed by atoms with Gasteiger partial charge < -0.3 is 9.47 Å². The van der Waals surface area contributed by atoms with Crippen molar-refractivity contribution >= 4 is 0 Å². The van der Waals surface area contributed by atoms with Gasteiger partial charge in [-0.3, -0.25) is 0 Å². The highest BCUT2D eigenvalue weighted by Gasteiger charge is 2.33. The van der Waals surface area contributed by atoms with Crippen molar-refractivity contribution in [2.24, 2.45) is 5.41 Å². The Labute approximate surface area is 84.8 Å². The first-order chi connectivity index (χ1) is 6.72. The van der Waals surface area contributed by atoms with Gasteiger partial charge in [-0.2, -0.15) is 0 Å². The van der Waals surface area contributed by atoms with Crippen molar-refractivity contribution in [1.82, 2.24) is 0 Å². The van der Waals surface area contributed by atoms with E-state index in [4.69, 9.17) is 9.47 Å². The monoisotopic (exact) mass is 192 g/mol. The van der Waals surface area contributed by atoms with E-state index in [1.165, 1.54) is 5.56 Å². The van der Waals surface area contributed by atoms with Gasteiger partial charge in [-0.1, -0.05) is 19.1 Å².